The number of hydrogen-bond acceptors (Lipinski definition) is 6. The van der Waals surface area contributed by atoms with Gasteiger partial charge in [0.05, 0.1) is 10.7 Å². The van der Waals surface area contributed by atoms with Gasteiger partial charge >= 0.3 is 0 Å². The Balaban J connectivity index is 1.38. The number of aryl methyl sites for hydroxylation is 1. The molecule has 0 aliphatic carbocycles. The lowest BCUT2D eigenvalue weighted by atomic mass is 9.91. The van der Waals surface area contributed by atoms with Crippen molar-refractivity contribution in [3.63, 3.8) is 0 Å². The van der Waals surface area contributed by atoms with Crippen LogP contribution in [0.15, 0.2) is 55.4 Å². The molecule has 9 heteroatoms. The topological polar surface area (TPSA) is 82.2 Å². The minimum absolute atomic E-state index is 0.442. The van der Waals surface area contributed by atoms with Gasteiger partial charge in [0.25, 0.3) is 0 Å². The monoisotopic (exact) mass is 459 g/mol. The van der Waals surface area contributed by atoms with Gasteiger partial charge in [-0.3, -0.25) is 0 Å². The van der Waals surface area contributed by atoms with Crippen LogP contribution in [-0.4, -0.2) is 42.2 Å². The van der Waals surface area contributed by atoms with Crippen molar-refractivity contribution in [3.05, 3.63) is 71.7 Å². The number of fused-ring (bicyclic) bond motifs is 2. The standard InChI is InChI=1S/C24H22ClN7O/c1-15-23-19(16-3-2-7-26-11-16)12-31(24(23)29-13-27-15)17-4-5-21(20(25)9-17)33-18-6-8-32-22(10-18)28-14-30-32/h4-6,8-10,12-14,16,26H,2-3,7,11H2,1H3. The Morgan fingerprint density at radius 3 is 2.91 bits per heavy atom. The van der Waals surface area contributed by atoms with Gasteiger partial charge in [-0.2, -0.15) is 5.10 Å². The molecule has 1 N–H and O–H groups in total. The van der Waals surface area contributed by atoms with E-state index in [0.29, 0.717) is 28.1 Å². The number of hydrogen-bond donors (Lipinski definition) is 1. The normalized spacial score (nSPS) is 16.5. The number of aromatic nitrogens is 6. The van der Waals surface area contributed by atoms with Gasteiger partial charge in [-0.25, -0.2) is 19.5 Å². The van der Waals surface area contributed by atoms with Crippen LogP contribution < -0.4 is 10.1 Å². The molecule has 0 radical (unpaired) electrons. The van der Waals surface area contributed by atoms with Crippen LogP contribution in [0.2, 0.25) is 5.02 Å². The molecule has 1 atom stereocenters. The van der Waals surface area contributed by atoms with Crippen molar-refractivity contribution >= 4 is 28.3 Å². The summed E-state index contributed by atoms with van der Waals surface area (Å²) in [7, 11) is 0. The third kappa shape index (κ3) is 3.61. The lowest BCUT2D eigenvalue weighted by Crippen LogP contribution is -2.28. The number of rotatable bonds is 4. The van der Waals surface area contributed by atoms with E-state index in [1.54, 1.807) is 17.0 Å². The summed E-state index contributed by atoms with van der Waals surface area (Å²) in [6.07, 6.45) is 9.44. The molecular weight excluding hydrogens is 438 g/mol. The average molecular weight is 460 g/mol. The summed E-state index contributed by atoms with van der Waals surface area (Å²) in [6, 6.07) is 9.44. The van der Waals surface area contributed by atoms with E-state index in [4.69, 9.17) is 16.3 Å². The molecule has 5 heterocycles. The molecule has 1 aliphatic rings. The number of nitrogens with zero attached hydrogens (tertiary/aromatic N) is 6. The highest BCUT2D eigenvalue weighted by atomic mass is 35.5. The van der Waals surface area contributed by atoms with Crippen molar-refractivity contribution in [2.45, 2.75) is 25.7 Å². The highest BCUT2D eigenvalue weighted by molar-refractivity contribution is 6.32. The number of pyridine rings is 1. The van der Waals surface area contributed by atoms with Gasteiger partial charge in [-0.05, 0) is 62.1 Å². The maximum atomic E-state index is 6.65. The molecule has 5 aromatic rings. The van der Waals surface area contributed by atoms with Gasteiger partial charge in [0.1, 0.15) is 29.8 Å². The van der Waals surface area contributed by atoms with E-state index in [1.807, 2.05) is 37.3 Å². The summed E-state index contributed by atoms with van der Waals surface area (Å²) in [5.74, 6) is 1.66. The third-order valence-electron chi connectivity index (χ3n) is 6.21. The molecular formula is C24H22ClN7O. The number of nitrogens with one attached hydrogen (secondary N) is 1. The number of halogens is 1. The lowest BCUT2D eigenvalue weighted by molar-refractivity contribution is 0.463. The van der Waals surface area contributed by atoms with Crippen LogP contribution in [0.4, 0.5) is 0 Å². The maximum absolute atomic E-state index is 6.65. The van der Waals surface area contributed by atoms with Crippen LogP contribution in [0.5, 0.6) is 11.5 Å². The largest absolute Gasteiger partial charge is 0.456 e. The quantitative estimate of drug-likeness (QED) is 0.420. The summed E-state index contributed by atoms with van der Waals surface area (Å²) >= 11 is 6.65. The van der Waals surface area contributed by atoms with Crippen molar-refractivity contribution in [2.24, 2.45) is 0 Å². The second-order valence-corrected chi connectivity index (χ2v) is 8.70. The fraction of sp³-hybridized carbons (Fsp3) is 0.250. The van der Waals surface area contributed by atoms with Gasteiger partial charge in [0, 0.05) is 36.1 Å². The Morgan fingerprint density at radius 1 is 1.12 bits per heavy atom. The summed E-state index contributed by atoms with van der Waals surface area (Å²) < 4.78 is 9.81. The van der Waals surface area contributed by atoms with E-state index in [1.165, 1.54) is 18.3 Å². The zero-order valence-corrected chi connectivity index (χ0v) is 18.8. The molecule has 1 saturated heterocycles. The minimum Gasteiger partial charge on any atom is -0.456 e. The molecule has 1 aromatic carbocycles. The summed E-state index contributed by atoms with van der Waals surface area (Å²) in [4.78, 5) is 13.3. The number of ether oxygens (including phenoxy) is 1. The molecule has 1 unspecified atom stereocenters. The predicted molar refractivity (Wildman–Crippen MR) is 127 cm³/mol. The first kappa shape index (κ1) is 20.1. The SMILES string of the molecule is Cc1ncnc2c1c(C1CCCNC1)cn2-c1ccc(Oc2ccn3ncnc3c2)c(Cl)c1. The number of piperidine rings is 1. The fourth-order valence-electron chi connectivity index (χ4n) is 4.58. The van der Waals surface area contributed by atoms with Crippen LogP contribution >= 0.6 is 11.6 Å². The minimum atomic E-state index is 0.442. The van der Waals surface area contributed by atoms with Crippen molar-refractivity contribution in [1.29, 1.82) is 0 Å². The van der Waals surface area contributed by atoms with E-state index in [9.17, 15) is 0 Å². The van der Waals surface area contributed by atoms with Gasteiger partial charge < -0.3 is 14.6 Å². The van der Waals surface area contributed by atoms with Crippen molar-refractivity contribution in [3.8, 4) is 17.2 Å². The van der Waals surface area contributed by atoms with Crippen LogP contribution in [-0.2, 0) is 0 Å². The Labute approximate surface area is 195 Å². The number of benzene rings is 1. The maximum Gasteiger partial charge on any atom is 0.158 e. The molecule has 0 amide bonds. The molecule has 4 aromatic heterocycles. The molecule has 166 valence electrons. The van der Waals surface area contributed by atoms with Gasteiger partial charge in [0.15, 0.2) is 5.65 Å². The molecule has 0 spiro atoms. The first-order valence-electron chi connectivity index (χ1n) is 11.0. The summed E-state index contributed by atoms with van der Waals surface area (Å²) in [5, 5.41) is 9.27. The molecule has 6 rings (SSSR count). The van der Waals surface area contributed by atoms with Crippen molar-refractivity contribution < 1.29 is 4.74 Å². The van der Waals surface area contributed by atoms with Crippen LogP contribution in [0.1, 0.15) is 30.0 Å². The molecule has 1 aliphatic heterocycles. The Morgan fingerprint density at radius 2 is 2.06 bits per heavy atom. The summed E-state index contributed by atoms with van der Waals surface area (Å²) in [5.41, 5.74) is 4.81. The summed E-state index contributed by atoms with van der Waals surface area (Å²) in [6.45, 7) is 4.09. The predicted octanol–water partition coefficient (Wildman–Crippen LogP) is 4.68. The average Bonchev–Trinajstić information content (AvgIpc) is 3.46. The second-order valence-electron chi connectivity index (χ2n) is 8.30. The molecule has 8 nitrogen and oxygen atoms in total. The van der Waals surface area contributed by atoms with Crippen molar-refractivity contribution in [2.75, 3.05) is 13.1 Å². The Bertz CT molecular complexity index is 1470. The van der Waals surface area contributed by atoms with E-state index < -0.39 is 0 Å². The van der Waals surface area contributed by atoms with Crippen LogP contribution in [0.3, 0.4) is 0 Å². The highest BCUT2D eigenvalue weighted by Gasteiger charge is 2.23. The van der Waals surface area contributed by atoms with Crippen molar-refractivity contribution in [1.82, 2.24) is 34.4 Å². The highest BCUT2D eigenvalue weighted by Crippen LogP contribution is 2.36. The van der Waals surface area contributed by atoms with E-state index in [0.717, 1.165) is 41.9 Å². The molecule has 1 fully saturated rings. The molecule has 0 bridgehead atoms. The fourth-order valence-corrected chi connectivity index (χ4v) is 4.79. The van der Waals surface area contributed by atoms with Crippen LogP contribution in [0.25, 0.3) is 22.4 Å². The zero-order valence-electron chi connectivity index (χ0n) is 18.1. The Hall–Kier alpha value is -3.49. The first-order chi connectivity index (χ1) is 16.2. The van der Waals surface area contributed by atoms with E-state index in [2.05, 4.69) is 36.1 Å². The van der Waals surface area contributed by atoms with Gasteiger partial charge in [-0.15, -0.1) is 0 Å². The third-order valence-corrected chi connectivity index (χ3v) is 6.51. The van der Waals surface area contributed by atoms with Gasteiger partial charge in [-0.1, -0.05) is 11.6 Å². The van der Waals surface area contributed by atoms with Gasteiger partial charge in [0.2, 0.25) is 0 Å². The van der Waals surface area contributed by atoms with E-state index in [-0.39, 0.29) is 0 Å². The zero-order chi connectivity index (χ0) is 22.4. The second kappa shape index (κ2) is 8.13. The smallest absolute Gasteiger partial charge is 0.158 e. The first-order valence-corrected chi connectivity index (χ1v) is 11.4. The lowest BCUT2D eigenvalue weighted by Gasteiger charge is -2.22. The molecule has 33 heavy (non-hydrogen) atoms. The molecule has 0 saturated carbocycles. The Kier molecular flexibility index (Phi) is 4.96. The van der Waals surface area contributed by atoms with E-state index >= 15 is 0 Å². The van der Waals surface area contributed by atoms with Crippen LogP contribution in [0, 0.1) is 6.92 Å².